The topological polar surface area (TPSA) is 122 Å². The third-order valence-electron chi connectivity index (χ3n) is 9.49. The highest BCUT2D eigenvalue weighted by atomic mass is 35.5. The summed E-state index contributed by atoms with van der Waals surface area (Å²) in [5, 5.41) is 14.0. The Balaban J connectivity index is 1.11. The van der Waals surface area contributed by atoms with Crippen molar-refractivity contribution in [2.45, 2.75) is 50.9 Å². The quantitative estimate of drug-likeness (QED) is 0.125. The number of carbonyl (C=O) groups is 2. The number of carbonyl (C=O) groups excluding carboxylic acids is 2. The Hall–Kier alpha value is -4.48. The van der Waals surface area contributed by atoms with Crippen LogP contribution >= 0.6 is 23.2 Å². The zero-order valence-electron chi connectivity index (χ0n) is 28.0. The summed E-state index contributed by atoms with van der Waals surface area (Å²) in [7, 11) is 3.62. The maximum absolute atomic E-state index is 11.5. The molecule has 0 aliphatic carbocycles. The Labute approximate surface area is 300 Å². The third kappa shape index (κ3) is 7.07. The maximum atomic E-state index is 11.5. The van der Waals surface area contributed by atoms with E-state index in [1.165, 1.54) is 0 Å². The summed E-state index contributed by atoms with van der Waals surface area (Å²) in [6.45, 7) is 2.62. The summed E-state index contributed by atoms with van der Waals surface area (Å²) in [6, 6.07) is 18.2. The van der Waals surface area contributed by atoms with Crippen molar-refractivity contribution < 1.29 is 14.3 Å². The fraction of sp³-hybridized carbons (Fsp3) is 0.316. The SMILES string of the molecule is COc1nc(-c2cccc(-c3cccc(-c4cnc5c(CNC[C@H]6CCC(=O)N6)cn(C)c5c4)c3Cl)c2Cl)ccc1CNC[C@@H]1CCC(=O)N1. The summed E-state index contributed by atoms with van der Waals surface area (Å²) in [5.74, 6) is 0.733. The number of fused-ring (bicyclic) bond motifs is 1. The van der Waals surface area contributed by atoms with Crippen LogP contribution in [0.2, 0.25) is 10.0 Å². The molecule has 0 radical (unpaired) electrons. The number of benzene rings is 2. The Bertz CT molecular complexity index is 2080. The molecule has 2 amide bonds. The molecule has 2 fully saturated rings. The first-order valence-electron chi connectivity index (χ1n) is 16.8. The van der Waals surface area contributed by atoms with Crippen molar-refractivity contribution in [3.05, 3.63) is 88.2 Å². The lowest BCUT2D eigenvalue weighted by atomic mass is 9.97. The lowest BCUT2D eigenvalue weighted by molar-refractivity contribution is -0.120. The van der Waals surface area contributed by atoms with Crippen molar-refractivity contribution in [2.75, 3.05) is 20.2 Å². The average Bonchev–Trinajstić information content (AvgIpc) is 3.83. The average molecular weight is 713 g/mol. The van der Waals surface area contributed by atoms with Crippen molar-refractivity contribution in [3.8, 4) is 39.4 Å². The summed E-state index contributed by atoms with van der Waals surface area (Å²) < 4.78 is 7.74. The number of aromatic nitrogens is 3. The fourth-order valence-corrected chi connectivity index (χ4v) is 7.53. The van der Waals surface area contributed by atoms with Gasteiger partial charge in [-0.15, -0.1) is 0 Å². The van der Waals surface area contributed by atoms with Crippen LogP contribution in [-0.4, -0.2) is 58.6 Å². The summed E-state index contributed by atoms with van der Waals surface area (Å²) in [6.07, 6.45) is 6.82. The molecular weight excluding hydrogens is 673 g/mol. The molecule has 0 spiro atoms. The Morgan fingerprint density at radius 2 is 1.44 bits per heavy atom. The number of ether oxygens (including phenoxy) is 1. The Morgan fingerprint density at radius 1 is 0.840 bits per heavy atom. The smallest absolute Gasteiger partial charge is 0.220 e. The van der Waals surface area contributed by atoms with Crippen LogP contribution in [-0.2, 0) is 29.7 Å². The predicted octanol–water partition coefficient (Wildman–Crippen LogP) is 6.02. The van der Waals surface area contributed by atoms with Crippen molar-refractivity contribution in [1.82, 2.24) is 35.8 Å². The van der Waals surface area contributed by atoms with Crippen molar-refractivity contribution in [1.29, 1.82) is 0 Å². The first-order valence-corrected chi connectivity index (χ1v) is 17.6. The van der Waals surface area contributed by atoms with E-state index in [2.05, 4.69) is 38.1 Å². The van der Waals surface area contributed by atoms with E-state index in [9.17, 15) is 9.59 Å². The van der Waals surface area contributed by atoms with Gasteiger partial charge in [-0.05, 0) is 25.0 Å². The van der Waals surface area contributed by atoms with Crippen LogP contribution in [0.15, 0.2) is 67.0 Å². The molecule has 2 aromatic carbocycles. The molecule has 4 N–H and O–H groups in total. The van der Waals surface area contributed by atoms with Crippen molar-refractivity contribution in [2.24, 2.45) is 7.05 Å². The molecule has 2 atom stereocenters. The van der Waals surface area contributed by atoms with Gasteiger partial charge in [-0.1, -0.05) is 65.7 Å². The minimum absolute atomic E-state index is 0.102. The van der Waals surface area contributed by atoms with E-state index in [1.54, 1.807) is 7.11 Å². The standard InChI is InChI=1S/C38H39Cl2N7O3/c1-47-21-24(17-42-20-26-11-14-34(49)45-26)37-32(47)15-23(18-43-37)27-5-3-6-28(35(27)39)29-7-4-8-30(36(29)40)31-12-9-22(38(46-31)50-2)16-41-19-25-10-13-33(48)44-25/h3-9,12,15,18,21,25-26,41-42H,10-11,13-14,16-17,19-20H2,1-2H3,(H,44,48)(H,45,49)/t25-,26+/m0/s1. The number of rotatable bonds is 12. The van der Waals surface area contributed by atoms with Gasteiger partial charge in [-0.3, -0.25) is 14.6 Å². The molecule has 0 saturated carbocycles. The molecular formula is C38H39Cl2N7O3. The highest BCUT2D eigenvalue weighted by Crippen LogP contribution is 2.42. The zero-order chi connectivity index (χ0) is 34.8. The van der Waals surface area contributed by atoms with E-state index in [0.717, 1.165) is 69.4 Å². The summed E-state index contributed by atoms with van der Waals surface area (Å²) >= 11 is 14.3. The number of halogens is 2. The van der Waals surface area contributed by atoms with Gasteiger partial charge in [-0.2, -0.15) is 0 Å². The van der Waals surface area contributed by atoms with E-state index in [4.69, 9.17) is 37.9 Å². The molecule has 0 bridgehead atoms. The molecule has 50 heavy (non-hydrogen) atoms. The van der Waals surface area contributed by atoms with E-state index in [-0.39, 0.29) is 23.9 Å². The molecule has 258 valence electrons. The van der Waals surface area contributed by atoms with Crippen LogP contribution < -0.4 is 26.0 Å². The van der Waals surface area contributed by atoms with Gasteiger partial charge in [0.15, 0.2) is 0 Å². The number of hydrogen-bond donors (Lipinski definition) is 4. The van der Waals surface area contributed by atoms with Gasteiger partial charge >= 0.3 is 0 Å². The number of nitrogens with one attached hydrogen (secondary N) is 4. The first kappa shape index (κ1) is 34.0. The van der Waals surface area contributed by atoms with Gasteiger partial charge in [0, 0.05) is 109 Å². The van der Waals surface area contributed by atoms with Crippen LogP contribution in [0.1, 0.15) is 36.8 Å². The fourth-order valence-electron chi connectivity index (χ4n) is 6.86. The van der Waals surface area contributed by atoms with Gasteiger partial charge in [0.25, 0.3) is 0 Å². The Morgan fingerprint density at radius 3 is 2.06 bits per heavy atom. The highest BCUT2D eigenvalue weighted by molar-refractivity contribution is 6.39. The predicted molar refractivity (Wildman–Crippen MR) is 197 cm³/mol. The summed E-state index contributed by atoms with van der Waals surface area (Å²) in [4.78, 5) is 32.7. The van der Waals surface area contributed by atoms with E-state index in [0.29, 0.717) is 54.1 Å². The van der Waals surface area contributed by atoms with E-state index in [1.807, 2.05) is 61.8 Å². The second-order valence-electron chi connectivity index (χ2n) is 12.9. The normalized spacial score (nSPS) is 17.4. The van der Waals surface area contributed by atoms with Crippen LogP contribution in [0.3, 0.4) is 0 Å². The number of nitrogens with zero attached hydrogens (tertiary/aromatic N) is 3. The molecule has 12 heteroatoms. The first-order chi connectivity index (χ1) is 24.3. The molecule has 2 aliphatic heterocycles. The van der Waals surface area contributed by atoms with Gasteiger partial charge in [0.2, 0.25) is 17.7 Å². The van der Waals surface area contributed by atoms with Gasteiger partial charge in [0.05, 0.1) is 33.9 Å². The number of amides is 2. The van der Waals surface area contributed by atoms with Crippen molar-refractivity contribution in [3.63, 3.8) is 0 Å². The van der Waals surface area contributed by atoms with Gasteiger partial charge in [0.1, 0.15) is 0 Å². The number of pyridine rings is 2. The van der Waals surface area contributed by atoms with Crippen molar-refractivity contribution >= 4 is 46.0 Å². The minimum Gasteiger partial charge on any atom is -0.481 e. The number of hydrogen-bond acceptors (Lipinski definition) is 7. The number of methoxy groups -OCH3 is 1. The molecule has 7 rings (SSSR count). The second kappa shape index (κ2) is 14.8. The maximum Gasteiger partial charge on any atom is 0.220 e. The monoisotopic (exact) mass is 711 g/mol. The second-order valence-corrected chi connectivity index (χ2v) is 13.7. The molecule has 5 aromatic rings. The van der Waals surface area contributed by atoms with Gasteiger partial charge < -0.3 is 30.6 Å². The van der Waals surface area contributed by atoms with Crippen LogP contribution in [0.5, 0.6) is 5.88 Å². The van der Waals surface area contributed by atoms with Gasteiger partial charge in [-0.25, -0.2) is 4.98 Å². The minimum atomic E-state index is 0.102. The molecule has 2 aliphatic rings. The molecule has 5 heterocycles. The van der Waals surface area contributed by atoms with Crippen LogP contribution in [0, 0.1) is 0 Å². The molecule has 2 saturated heterocycles. The Kier molecular flexibility index (Phi) is 10.1. The molecule has 10 nitrogen and oxygen atoms in total. The molecule has 0 unspecified atom stereocenters. The number of aryl methyl sites for hydroxylation is 1. The van der Waals surface area contributed by atoms with E-state index >= 15 is 0 Å². The third-order valence-corrected chi connectivity index (χ3v) is 10.3. The highest BCUT2D eigenvalue weighted by Gasteiger charge is 2.22. The zero-order valence-corrected chi connectivity index (χ0v) is 29.5. The molecule has 3 aromatic heterocycles. The summed E-state index contributed by atoms with van der Waals surface area (Å²) in [5.41, 5.74) is 8.73. The lowest BCUT2D eigenvalue weighted by Crippen LogP contribution is -2.35. The largest absolute Gasteiger partial charge is 0.481 e. The van der Waals surface area contributed by atoms with Crippen LogP contribution in [0.4, 0.5) is 0 Å². The van der Waals surface area contributed by atoms with E-state index < -0.39 is 0 Å². The van der Waals surface area contributed by atoms with Crippen LogP contribution in [0.25, 0.3) is 44.5 Å². The lowest BCUT2D eigenvalue weighted by Gasteiger charge is -2.16.